The molecule has 2 heterocycles. The largest absolute Gasteiger partial charge is 0.505 e. The zero-order valence-corrected chi connectivity index (χ0v) is 15.2. The normalized spacial score (nSPS) is 16.0. The number of carbonyl (C=O) groups excluding carboxylic acids is 1. The standard InChI is InChI=1S/C19H25FN4O2/c1-3-8-23-9-6-15(7-10-23)22(2)19(26)24-12-17(21-13-24)14-4-5-16(20)18(25)11-14/h4-5,11-13,15,25H,3,6-10H2,1-2H3. The highest BCUT2D eigenvalue weighted by molar-refractivity contribution is 5.78. The smallest absolute Gasteiger partial charge is 0.329 e. The molecule has 0 radical (unpaired) electrons. The zero-order valence-electron chi connectivity index (χ0n) is 15.2. The molecule has 0 saturated carbocycles. The molecule has 1 aliphatic rings. The Balaban J connectivity index is 1.67. The van der Waals surface area contributed by atoms with Gasteiger partial charge in [-0.2, -0.15) is 0 Å². The summed E-state index contributed by atoms with van der Waals surface area (Å²) in [6.45, 7) is 5.32. The third-order valence-corrected chi connectivity index (χ3v) is 4.99. The number of piperidine rings is 1. The molecule has 6 nitrogen and oxygen atoms in total. The minimum Gasteiger partial charge on any atom is -0.505 e. The van der Waals surface area contributed by atoms with Crippen molar-refractivity contribution in [1.29, 1.82) is 0 Å². The Bertz CT molecular complexity index is 769. The van der Waals surface area contributed by atoms with Crippen LogP contribution in [0.25, 0.3) is 11.3 Å². The van der Waals surface area contributed by atoms with E-state index >= 15 is 0 Å². The highest BCUT2D eigenvalue weighted by atomic mass is 19.1. The van der Waals surface area contributed by atoms with Crippen LogP contribution in [-0.2, 0) is 0 Å². The summed E-state index contributed by atoms with van der Waals surface area (Å²) in [6.07, 6.45) is 6.15. The van der Waals surface area contributed by atoms with Gasteiger partial charge in [-0.3, -0.25) is 4.57 Å². The monoisotopic (exact) mass is 360 g/mol. The average molecular weight is 360 g/mol. The highest BCUT2D eigenvalue weighted by Gasteiger charge is 2.26. The number of aromatic nitrogens is 2. The van der Waals surface area contributed by atoms with Crippen molar-refractivity contribution in [1.82, 2.24) is 19.4 Å². The molecule has 7 heteroatoms. The lowest BCUT2D eigenvalue weighted by atomic mass is 10.0. The summed E-state index contributed by atoms with van der Waals surface area (Å²) in [5, 5.41) is 9.51. The van der Waals surface area contributed by atoms with Gasteiger partial charge in [0.15, 0.2) is 11.6 Å². The SMILES string of the molecule is CCCN1CCC(N(C)C(=O)n2cnc(-c3ccc(F)c(O)c3)c2)CC1. The van der Waals surface area contributed by atoms with Gasteiger partial charge in [0, 0.05) is 37.9 Å². The molecule has 1 saturated heterocycles. The van der Waals surface area contributed by atoms with E-state index in [4.69, 9.17) is 0 Å². The van der Waals surface area contributed by atoms with Crippen molar-refractivity contribution in [2.45, 2.75) is 32.2 Å². The van der Waals surface area contributed by atoms with E-state index in [9.17, 15) is 14.3 Å². The van der Waals surface area contributed by atoms with E-state index in [1.54, 1.807) is 11.1 Å². The number of aromatic hydroxyl groups is 1. The maximum Gasteiger partial charge on any atom is 0.329 e. The van der Waals surface area contributed by atoms with Crippen molar-refractivity contribution in [3.8, 4) is 17.0 Å². The number of hydrogen-bond acceptors (Lipinski definition) is 4. The van der Waals surface area contributed by atoms with Gasteiger partial charge in [-0.1, -0.05) is 6.92 Å². The van der Waals surface area contributed by atoms with Gasteiger partial charge in [-0.15, -0.1) is 0 Å². The molecule has 3 rings (SSSR count). The lowest BCUT2D eigenvalue weighted by Gasteiger charge is -2.36. The van der Waals surface area contributed by atoms with Gasteiger partial charge in [0.1, 0.15) is 6.33 Å². The Kier molecular flexibility index (Phi) is 5.56. The predicted octanol–water partition coefficient (Wildman–Crippen LogP) is 3.17. The summed E-state index contributed by atoms with van der Waals surface area (Å²) in [7, 11) is 1.83. The number of amides is 1. The Labute approximate surface area is 152 Å². The van der Waals surface area contributed by atoms with Crippen LogP contribution in [0, 0.1) is 5.82 Å². The fourth-order valence-electron chi connectivity index (χ4n) is 3.43. The quantitative estimate of drug-likeness (QED) is 0.910. The maximum atomic E-state index is 13.2. The molecule has 1 aromatic heterocycles. The summed E-state index contributed by atoms with van der Waals surface area (Å²) in [5.41, 5.74) is 1.07. The zero-order chi connectivity index (χ0) is 18.7. The Morgan fingerprint density at radius 1 is 1.38 bits per heavy atom. The van der Waals surface area contributed by atoms with E-state index in [2.05, 4.69) is 16.8 Å². The van der Waals surface area contributed by atoms with Crippen molar-refractivity contribution >= 4 is 6.03 Å². The molecule has 1 aromatic carbocycles. The number of phenols is 1. The van der Waals surface area contributed by atoms with Crippen LogP contribution in [0.4, 0.5) is 9.18 Å². The van der Waals surface area contributed by atoms with E-state index in [0.29, 0.717) is 11.3 Å². The number of benzene rings is 1. The molecule has 0 aliphatic carbocycles. The van der Waals surface area contributed by atoms with Crippen molar-refractivity contribution in [2.75, 3.05) is 26.7 Å². The average Bonchev–Trinajstić information content (AvgIpc) is 3.14. The molecular formula is C19H25FN4O2. The van der Waals surface area contributed by atoms with Gasteiger partial charge in [0.25, 0.3) is 0 Å². The molecule has 1 amide bonds. The molecule has 0 atom stereocenters. The second-order valence-corrected chi connectivity index (χ2v) is 6.80. The molecule has 2 aromatic rings. The molecule has 0 unspecified atom stereocenters. The third kappa shape index (κ3) is 3.88. The fraction of sp³-hybridized carbons (Fsp3) is 0.474. The highest BCUT2D eigenvalue weighted by Crippen LogP contribution is 2.24. The number of imidazole rings is 1. The van der Waals surface area contributed by atoms with E-state index in [-0.39, 0.29) is 12.1 Å². The van der Waals surface area contributed by atoms with Gasteiger partial charge in [0.05, 0.1) is 5.69 Å². The second-order valence-electron chi connectivity index (χ2n) is 6.80. The topological polar surface area (TPSA) is 61.6 Å². The van der Waals surface area contributed by atoms with Crippen LogP contribution >= 0.6 is 0 Å². The number of rotatable bonds is 4. The molecule has 0 spiro atoms. The van der Waals surface area contributed by atoms with E-state index in [1.807, 2.05) is 7.05 Å². The predicted molar refractivity (Wildman–Crippen MR) is 97.6 cm³/mol. The van der Waals surface area contributed by atoms with E-state index < -0.39 is 11.6 Å². The van der Waals surface area contributed by atoms with Crippen molar-refractivity contribution in [2.24, 2.45) is 0 Å². The van der Waals surface area contributed by atoms with Crippen molar-refractivity contribution in [3.05, 3.63) is 36.5 Å². The first-order chi connectivity index (χ1) is 12.5. The summed E-state index contributed by atoms with van der Waals surface area (Å²) < 4.78 is 14.6. The number of nitrogens with zero attached hydrogens (tertiary/aromatic N) is 4. The van der Waals surface area contributed by atoms with Crippen molar-refractivity contribution in [3.63, 3.8) is 0 Å². The molecule has 1 aliphatic heterocycles. The molecule has 140 valence electrons. The first-order valence-electron chi connectivity index (χ1n) is 9.02. The summed E-state index contributed by atoms with van der Waals surface area (Å²) in [4.78, 5) is 21.2. The van der Waals surface area contributed by atoms with Crippen LogP contribution in [0.1, 0.15) is 26.2 Å². The van der Waals surface area contributed by atoms with Crippen LogP contribution < -0.4 is 0 Å². The minimum atomic E-state index is -0.682. The number of halogens is 1. The Hall–Kier alpha value is -2.41. The van der Waals surface area contributed by atoms with Gasteiger partial charge in [0.2, 0.25) is 0 Å². The summed E-state index contributed by atoms with van der Waals surface area (Å²) in [5.74, 6) is -1.11. The Morgan fingerprint density at radius 3 is 2.77 bits per heavy atom. The summed E-state index contributed by atoms with van der Waals surface area (Å²) >= 11 is 0. The van der Waals surface area contributed by atoms with E-state index in [1.165, 1.54) is 29.1 Å². The molecule has 1 N–H and O–H groups in total. The van der Waals surface area contributed by atoms with E-state index in [0.717, 1.165) is 38.9 Å². The van der Waals surface area contributed by atoms with Crippen LogP contribution in [0.3, 0.4) is 0 Å². The molecule has 1 fully saturated rings. The molecular weight excluding hydrogens is 335 g/mol. The molecule has 26 heavy (non-hydrogen) atoms. The van der Waals surface area contributed by atoms with Crippen LogP contribution in [0.5, 0.6) is 5.75 Å². The van der Waals surface area contributed by atoms with Crippen LogP contribution in [0.2, 0.25) is 0 Å². The maximum absolute atomic E-state index is 13.2. The molecule has 0 bridgehead atoms. The lowest BCUT2D eigenvalue weighted by Crippen LogP contribution is -2.46. The first-order valence-corrected chi connectivity index (χ1v) is 9.02. The number of phenolic OH excluding ortho intramolecular Hbond substituents is 1. The summed E-state index contributed by atoms with van der Waals surface area (Å²) in [6, 6.07) is 4.10. The van der Waals surface area contributed by atoms with Gasteiger partial charge in [-0.25, -0.2) is 14.2 Å². The lowest BCUT2D eigenvalue weighted by molar-refractivity contribution is 0.135. The van der Waals surface area contributed by atoms with Gasteiger partial charge in [-0.05, 0) is 44.0 Å². The third-order valence-electron chi connectivity index (χ3n) is 4.99. The number of likely N-dealkylation sites (tertiary alicyclic amines) is 1. The fourth-order valence-corrected chi connectivity index (χ4v) is 3.43. The van der Waals surface area contributed by atoms with Crippen LogP contribution in [0.15, 0.2) is 30.7 Å². The number of hydrogen-bond donors (Lipinski definition) is 1. The second kappa shape index (κ2) is 7.86. The Morgan fingerprint density at radius 2 is 2.12 bits per heavy atom. The van der Waals surface area contributed by atoms with Gasteiger partial charge >= 0.3 is 6.03 Å². The number of carbonyl (C=O) groups is 1. The first kappa shape index (κ1) is 18.4. The van der Waals surface area contributed by atoms with Gasteiger partial charge < -0.3 is 14.9 Å². The van der Waals surface area contributed by atoms with Crippen molar-refractivity contribution < 1.29 is 14.3 Å². The minimum absolute atomic E-state index is 0.135. The van der Waals surface area contributed by atoms with Crippen LogP contribution in [-0.4, -0.2) is 63.2 Å².